The van der Waals surface area contributed by atoms with Gasteiger partial charge in [0, 0.05) is 20.3 Å². The van der Waals surface area contributed by atoms with Gasteiger partial charge in [-0.2, -0.15) is 4.84 Å². The second-order valence-corrected chi connectivity index (χ2v) is 11.2. The van der Waals surface area contributed by atoms with Crippen LogP contribution < -0.4 is 28.5 Å². The van der Waals surface area contributed by atoms with Crippen molar-refractivity contribution < 1.29 is 33.7 Å². The van der Waals surface area contributed by atoms with E-state index in [2.05, 4.69) is 11.0 Å². The van der Waals surface area contributed by atoms with Gasteiger partial charge in [0.1, 0.15) is 5.60 Å². The molecule has 2 aliphatic rings. The number of nitrogens with two attached hydrogens (primary N) is 3. The molecule has 3 unspecified atom stereocenters. The van der Waals surface area contributed by atoms with Crippen molar-refractivity contribution in [3.05, 3.63) is 0 Å². The Balaban J connectivity index is 2.54. The van der Waals surface area contributed by atoms with Crippen molar-refractivity contribution in [2.24, 2.45) is 17.5 Å². The van der Waals surface area contributed by atoms with Crippen molar-refractivity contribution in [1.29, 1.82) is 0 Å². The molecule has 2 heterocycles. The van der Waals surface area contributed by atoms with Crippen LogP contribution in [-0.2, 0) is 24.0 Å². The van der Waals surface area contributed by atoms with Crippen molar-refractivity contribution in [3.63, 3.8) is 0 Å². The number of hydroxylamine groups is 2. The lowest BCUT2D eigenvalue weighted by atomic mass is 9.85. The molecular weight excluding hydrogens is 418 g/mol. The zero-order valence-electron chi connectivity index (χ0n) is 20.8. The summed E-state index contributed by atoms with van der Waals surface area (Å²) >= 11 is 0. The van der Waals surface area contributed by atoms with E-state index in [9.17, 15) is 9.59 Å². The van der Waals surface area contributed by atoms with Crippen molar-refractivity contribution in [1.82, 2.24) is 11.0 Å². The highest BCUT2D eigenvalue weighted by molar-refractivity contribution is 5.96. The summed E-state index contributed by atoms with van der Waals surface area (Å²) in [5.74, 6) is 18.1. The van der Waals surface area contributed by atoms with E-state index in [0.29, 0.717) is 6.42 Å². The Morgan fingerprint density at radius 2 is 1.47 bits per heavy atom. The highest BCUT2D eigenvalue weighted by atomic mass is 16.8. The van der Waals surface area contributed by atoms with Crippen molar-refractivity contribution in [3.8, 4) is 0 Å². The number of nitrogens with one attached hydrogen (secondary N) is 2. The van der Waals surface area contributed by atoms with Crippen LogP contribution in [0, 0.1) is 0 Å². The number of carbonyl (C=O) groups is 2. The average Bonchev–Trinajstić information content (AvgIpc) is 2.93. The number of ether oxygens (including phenoxy) is 1. The molecule has 0 saturated carbocycles. The van der Waals surface area contributed by atoms with E-state index in [4.69, 9.17) is 31.9 Å². The average molecular weight is 462 g/mol. The number of cyclic esters (lactones) is 2. The summed E-state index contributed by atoms with van der Waals surface area (Å²) in [7, 11) is 0. The van der Waals surface area contributed by atoms with Gasteiger partial charge in [-0.3, -0.25) is 4.79 Å². The van der Waals surface area contributed by atoms with Gasteiger partial charge < -0.3 is 4.74 Å². The zero-order chi connectivity index (χ0) is 24.8. The molecule has 0 aliphatic carbocycles. The van der Waals surface area contributed by atoms with Crippen LogP contribution in [0.15, 0.2) is 0 Å². The maximum absolute atomic E-state index is 12.2. The monoisotopic (exact) mass is 461 g/mol. The van der Waals surface area contributed by atoms with Crippen LogP contribution in [0.1, 0.15) is 87.5 Å². The van der Waals surface area contributed by atoms with Crippen LogP contribution in [0.25, 0.3) is 0 Å². The molecule has 0 spiro atoms. The number of esters is 2. The molecular formula is C20H43N7O5+2. The molecule has 0 bridgehead atoms. The van der Waals surface area contributed by atoms with Gasteiger partial charge >= 0.3 is 11.9 Å². The lowest BCUT2D eigenvalue weighted by Crippen LogP contribution is -2.85. The summed E-state index contributed by atoms with van der Waals surface area (Å²) < 4.78 is 4.70. The number of nitrogens with zero attached hydrogens (tertiary/aromatic N) is 2. The first kappa shape index (κ1) is 27.0. The van der Waals surface area contributed by atoms with Crippen molar-refractivity contribution in [2.75, 3.05) is 0 Å². The third-order valence-electron chi connectivity index (χ3n) is 7.19. The van der Waals surface area contributed by atoms with E-state index in [0.717, 1.165) is 19.3 Å². The minimum absolute atomic E-state index is 0.127. The lowest BCUT2D eigenvalue weighted by Gasteiger charge is -2.53. The maximum atomic E-state index is 12.2. The number of hydrogen-bond acceptors (Lipinski definition) is 10. The van der Waals surface area contributed by atoms with Crippen LogP contribution in [-0.4, -0.2) is 50.0 Å². The molecule has 2 aliphatic heterocycles. The summed E-state index contributed by atoms with van der Waals surface area (Å²) in [5, 5.41) is 0. The molecule has 0 aromatic rings. The fourth-order valence-corrected chi connectivity index (χ4v) is 4.01. The molecule has 0 radical (unpaired) electrons. The lowest BCUT2D eigenvalue weighted by molar-refractivity contribution is -1.22. The smallest absolute Gasteiger partial charge is 0.336 e. The quantitative estimate of drug-likeness (QED) is 0.132. The fourth-order valence-electron chi connectivity index (χ4n) is 4.01. The Bertz CT molecular complexity index is 742. The molecule has 3 atom stereocenters. The van der Waals surface area contributed by atoms with Crippen LogP contribution in [0.2, 0.25) is 0 Å². The standard InChI is InChI=1S/C20H43N7O5/c1-17(2)11-9-10-12-18(3,4)31-27(23,25-21)19(5,6)20(7,8)32-26(17,22)24-14-13-15(28)30-16(14)29/h14,24-25H,9-13,21-23H2,1-8H3/q+2. The molecule has 0 aromatic heterocycles. The summed E-state index contributed by atoms with van der Waals surface area (Å²) in [6, 6.07) is -0.932. The highest BCUT2D eigenvalue weighted by Gasteiger charge is 2.64. The van der Waals surface area contributed by atoms with Gasteiger partial charge in [-0.1, -0.05) is 11.8 Å². The SMILES string of the molecule is CC1(C)CCCCC(C)(C)[N+](N)(NC2CC(=O)OC2=O)OC(C)(C)C(C)(C)[N+](N)(NN)O1. The Morgan fingerprint density at radius 1 is 0.906 bits per heavy atom. The largest absolute Gasteiger partial charge is 0.392 e. The van der Waals surface area contributed by atoms with E-state index in [1.807, 2.05) is 55.4 Å². The number of quaternary nitrogens is 2. The Labute approximate surface area is 190 Å². The molecule has 2 saturated heterocycles. The van der Waals surface area contributed by atoms with Crippen LogP contribution in [0.3, 0.4) is 0 Å². The number of hydrogen-bond donors (Lipinski definition) is 5. The van der Waals surface area contributed by atoms with Crippen LogP contribution in [0.4, 0.5) is 0 Å². The maximum Gasteiger partial charge on any atom is 0.336 e. The molecule has 186 valence electrons. The van der Waals surface area contributed by atoms with E-state index in [1.165, 1.54) is 0 Å². The first-order valence-corrected chi connectivity index (χ1v) is 11.1. The second kappa shape index (κ2) is 8.53. The first-order valence-electron chi connectivity index (χ1n) is 11.1. The predicted octanol–water partition coefficient (Wildman–Crippen LogP) is 0.644. The Kier molecular flexibility index (Phi) is 7.20. The molecule has 8 N–H and O–H groups in total. The third kappa shape index (κ3) is 4.98. The molecule has 0 amide bonds. The van der Waals surface area contributed by atoms with E-state index >= 15 is 0 Å². The van der Waals surface area contributed by atoms with E-state index < -0.39 is 50.0 Å². The summed E-state index contributed by atoms with van der Waals surface area (Å²) in [6.45, 7) is 15.2. The summed E-state index contributed by atoms with van der Waals surface area (Å²) in [4.78, 5) is 35.4. The van der Waals surface area contributed by atoms with E-state index in [-0.39, 0.29) is 6.42 Å². The van der Waals surface area contributed by atoms with E-state index in [1.54, 1.807) is 0 Å². The Hall–Kier alpha value is -1.22. The third-order valence-corrected chi connectivity index (χ3v) is 7.19. The zero-order valence-corrected chi connectivity index (χ0v) is 20.8. The van der Waals surface area contributed by atoms with Crippen molar-refractivity contribution >= 4 is 11.9 Å². The number of rotatable bonds is 3. The first-order chi connectivity index (χ1) is 14.3. The minimum atomic E-state index is -1.07. The molecule has 0 aromatic carbocycles. The number of carbonyl (C=O) groups excluding carboxylic acids is 2. The topological polar surface area (TPSA) is 164 Å². The minimum Gasteiger partial charge on any atom is -0.392 e. The summed E-state index contributed by atoms with van der Waals surface area (Å²) in [6.07, 6.45) is 2.95. The summed E-state index contributed by atoms with van der Waals surface area (Å²) in [5.41, 5.74) is 2.29. The van der Waals surface area contributed by atoms with Gasteiger partial charge in [0.05, 0.1) is 6.42 Å². The van der Waals surface area contributed by atoms with Crippen molar-refractivity contribution in [2.45, 2.75) is 116 Å². The van der Waals surface area contributed by atoms with Crippen LogP contribution in [0.5, 0.6) is 0 Å². The van der Waals surface area contributed by atoms with Gasteiger partial charge in [0.15, 0.2) is 22.7 Å². The van der Waals surface area contributed by atoms with Gasteiger partial charge in [-0.15, -0.1) is 16.5 Å². The molecule has 12 nitrogen and oxygen atoms in total. The molecule has 2 fully saturated rings. The second-order valence-electron chi connectivity index (χ2n) is 11.2. The molecule has 12 heteroatoms. The fraction of sp³-hybridized carbons (Fsp3) is 0.900. The highest BCUT2D eigenvalue weighted by Crippen LogP contribution is 2.40. The van der Waals surface area contributed by atoms with Crippen LogP contribution >= 0.6 is 0 Å². The van der Waals surface area contributed by atoms with Gasteiger partial charge in [-0.05, 0) is 69.6 Å². The Morgan fingerprint density at radius 3 is 1.97 bits per heavy atom. The predicted molar refractivity (Wildman–Crippen MR) is 116 cm³/mol. The van der Waals surface area contributed by atoms with Gasteiger partial charge in [0.25, 0.3) is 0 Å². The van der Waals surface area contributed by atoms with Gasteiger partial charge in [-0.25, -0.2) is 10.6 Å². The van der Waals surface area contributed by atoms with Gasteiger partial charge in [0.2, 0.25) is 0 Å². The molecule has 2 rings (SSSR count). The number of hydrazine groups is 1. The molecule has 32 heavy (non-hydrogen) atoms. The normalized spacial score (nSPS) is 37.3.